The van der Waals surface area contributed by atoms with Crippen LogP contribution in [0.3, 0.4) is 0 Å². The quantitative estimate of drug-likeness (QED) is 0.300. The molecule has 3 aromatic rings. The van der Waals surface area contributed by atoms with E-state index in [0.717, 1.165) is 20.4 Å². The summed E-state index contributed by atoms with van der Waals surface area (Å²) in [5, 5.41) is 4.35. The van der Waals surface area contributed by atoms with Crippen LogP contribution in [-0.2, 0) is 0 Å². The Kier molecular flexibility index (Phi) is 6.97. The summed E-state index contributed by atoms with van der Waals surface area (Å²) in [7, 11) is 1.60. The third-order valence-electron chi connectivity index (χ3n) is 3.99. The van der Waals surface area contributed by atoms with Crippen LogP contribution in [0.1, 0.15) is 21.5 Å². The highest BCUT2D eigenvalue weighted by atomic mass is 127. The second kappa shape index (κ2) is 9.85. The van der Waals surface area contributed by atoms with Gasteiger partial charge in [-0.05, 0) is 52.4 Å². The summed E-state index contributed by atoms with van der Waals surface area (Å²) in [6, 6.07) is 24.9. The van der Waals surface area contributed by atoms with E-state index in [1.165, 1.54) is 0 Å². The number of amides is 1. The maximum absolute atomic E-state index is 12.5. The number of hydrazone groups is 1. The molecule has 1 N–H and O–H groups in total. The molecule has 3 rings (SSSR count). The van der Waals surface area contributed by atoms with Gasteiger partial charge in [0.05, 0.1) is 16.4 Å². The van der Waals surface area contributed by atoms with Gasteiger partial charge in [0.25, 0.3) is 5.91 Å². The molecule has 3 aromatic carbocycles. The molecular formula is C23H19IN2O2. The van der Waals surface area contributed by atoms with Gasteiger partial charge in [-0.25, -0.2) is 5.43 Å². The van der Waals surface area contributed by atoms with Crippen molar-refractivity contribution < 1.29 is 9.53 Å². The monoisotopic (exact) mass is 482 g/mol. The maximum atomic E-state index is 12.5. The molecule has 0 bridgehead atoms. The van der Waals surface area contributed by atoms with Gasteiger partial charge in [-0.15, -0.1) is 0 Å². The molecule has 0 unspecified atom stereocenters. The van der Waals surface area contributed by atoms with Gasteiger partial charge in [0.1, 0.15) is 5.75 Å². The molecule has 0 spiro atoms. The highest BCUT2D eigenvalue weighted by Gasteiger charge is 2.09. The number of carbonyl (C=O) groups excluding carboxylic acids is 1. The third-order valence-corrected chi connectivity index (χ3v) is 4.84. The largest absolute Gasteiger partial charge is 0.496 e. The first kappa shape index (κ1) is 19.8. The molecule has 5 heteroatoms. The lowest BCUT2D eigenvalue weighted by Gasteiger charge is -2.07. The van der Waals surface area contributed by atoms with E-state index in [0.29, 0.717) is 11.3 Å². The van der Waals surface area contributed by atoms with Crippen molar-refractivity contribution in [3.8, 4) is 5.75 Å². The first-order valence-electron chi connectivity index (χ1n) is 8.67. The smallest absolute Gasteiger partial charge is 0.271 e. The highest BCUT2D eigenvalue weighted by molar-refractivity contribution is 14.1. The van der Waals surface area contributed by atoms with E-state index in [1.807, 2.05) is 72.8 Å². The Morgan fingerprint density at radius 1 is 0.964 bits per heavy atom. The molecule has 0 saturated carbocycles. The van der Waals surface area contributed by atoms with Crippen LogP contribution in [0.2, 0.25) is 0 Å². The minimum absolute atomic E-state index is 0.276. The summed E-state index contributed by atoms with van der Waals surface area (Å²) < 4.78 is 6.10. The normalized spacial score (nSPS) is 11.4. The van der Waals surface area contributed by atoms with Crippen molar-refractivity contribution in [3.05, 3.63) is 105 Å². The number of allylic oxidation sites excluding steroid dienone is 1. The second-order valence-electron chi connectivity index (χ2n) is 5.90. The molecule has 28 heavy (non-hydrogen) atoms. The van der Waals surface area contributed by atoms with Gasteiger partial charge in [-0.1, -0.05) is 66.7 Å². The van der Waals surface area contributed by atoms with E-state index >= 15 is 0 Å². The van der Waals surface area contributed by atoms with Crippen molar-refractivity contribution in [2.45, 2.75) is 0 Å². The molecule has 0 radical (unpaired) electrons. The average molecular weight is 482 g/mol. The van der Waals surface area contributed by atoms with E-state index in [4.69, 9.17) is 4.74 Å². The van der Waals surface area contributed by atoms with E-state index in [-0.39, 0.29) is 5.91 Å². The van der Waals surface area contributed by atoms with Crippen molar-refractivity contribution in [2.24, 2.45) is 5.10 Å². The molecule has 0 atom stereocenters. The molecule has 0 saturated heterocycles. The Labute approximate surface area is 178 Å². The minimum Gasteiger partial charge on any atom is -0.496 e. The van der Waals surface area contributed by atoms with Gasteiger partial charge >= 0.3 is 0 Å². The highest BCUT2D eigenvalue weighted by Crippen LogP contribution is 2.21. The Morgan fingerprint density at radius 3 is 2.29 bits per heavy atom. The summed E-state index contributed by atoms with van der Waals surface area (Å²) in [6.07, 6.45) is 3.86. The zero-order valence-corrected chi connectivity index (χ0v) is 17.5. The summed E-state index contributed by atoms with van der Waals surface area (Å²) >= 11 is 2.14. The average Bonchev–Trinajstić information content (AvgIpc) is 2.75. The van der Waals surface area contributed by atoms with Crippen LogP contribution in [0.5, 0.6) is 5.75 Å². The maximum Gasteiger partial charge on any atom is 0.271 e. The van der Waals surface area contributed by atoms with Crippen LogP contribution < -0.4 is 10.2 Å². The Hall–Kier alpha value is -2.93. The van der Waals surface area contributed by atoms with Crippen LogP contribution >= 0.6 is 22.6 Å². The number of carbonyl (C=O) groups is 1. The van der Waals surface area contributed by atoms with Gasteiger partial charge in [0.15, 0.2) is 0 Å². The van der Waals surface area contributed by atoms with Crippen molar-refractivity contribution >= 4 is 40.3 Å². The van der Waals surface area contributed by atoms with Gasteiger partial charge < -0.3 is 4.74 Å². The zero-order chi connectivity index (χ0) is 19.8. The van der Waals surface area contributed by atoms with Crippen molar-refractivity contribution in [1.82, 2.24) is 5.43 Å². The lowest BCUT2D eigenvalue weighted by Crippen LogP contribution is -2.19. The van der Waals surface area contributed by atoms with Gasteiger partial charge in [-0.3, -0.25) is 4.79 Å². The molecule has 4 nitrogen and oxygen atoms in total. The van der Waals surface area contributed by atoms with E-state index in [9.17, 15) is 4.79 Å². The molecule has 0 aromatic heterocycles. The molecule has 0 heterocycles. The van der Waals surface area contributed by atoms with Gasteiger partial charge in [0, 0.05) is 11.1 Å². The number of hydrogen-bond donors (Lipinski definition) is 1. The van der Waals surface area contributed by atoms with Gasteiger partial charge in [-0.2, -0.15) is 5.10 Å². The number of benzene rings is 3. The Morgan fingerprint density at radius 2 is 1.64 bits per heavy atom. The van der Waals surface area contributed by atoms with Crippen LogP contribution in [0, 0.1) is 3.57 Å². The first-order valence-corrected chi connectivity index (χ1v) is 9.75. The van der Waals surface area contributed by atoms with Crippen LogP contribution in [0.15, 0.2) is 90.0 Å². The predicted molar refractivity (Wildman–Crippen MR) is 122 cm³/mol. The Balaban J connectivity index is 1.83. The summed E-state index contributed by atoms with van der Waals surface area (Å²) in [6.45, 7) is 0. The SMILES string of the molecule is COc1ccc(C(=O)N/N=C(/C=C\c2ccccc2)c2ccccc2)cc1I. The fourth-order valence-corrected chi connectivity index (χ4v) is 3.26. The lowest BCUT2D eigenvalue weighted by atomic mass is 10.1. The molecule has 1 amide bonds. The topological polar surface area (TPSA) is 50.7 Å². The van der Waals surface area contributed by atoms with E-state index < -0.39 is 0 Å². The standard InChI is InChI=1S/C23H19IN2O2/c1-28-22-15-13-19(16-20(22)24)23(27)26-25-21(18-10-6-3-7-11-18)14-12-17-8-4-2-5-9-17/h2-16H,1H3,(H,26,27)/b14-12-,25-21-. The number of rotatable bonds is 6. The molecular weight excluding hydrogens is 463 g/mol. The number of halogens is 1. The fraction of sp³-hybridized carbons (Fsp3) is 0.0435. The van der Waals surface area contributed by atoms with Crippen molar-refractivity contribution in [1.29, 1.82) is 0 Å². The van der Waals surface area contributed by atoms with Gasteiger partial charge in [0.2, 0.25) is 0 Å². The second-order valence-corrected chi connectivity index (χ2v) is 7.06. The van der Waals surface area contributed by atoms with Crippen LogP contribution in [0.25, 0.3) is 6.08 Å². The fourth-order valence-electron chi connectivity index (χ4n) is 2.53. The Bertz CT molecular complexity index is 1000. The van der Waals surface area contributed by atoms with Crippen molar-refractivity contribution in [2.75, 3.05) is 7.11 Å². The minimum atomic E-state index is -0.276. The number of ether oxygens (including phenoxy) is 1. The molecule has 0 fully saturated rings. The summed E-state index contributed by atoms with van der Waals surface area (Å²) in [5.74, 6) is 0.457. The number of nitrogens with zero attached hydrogens (tertiary/aromatic N) is 1. The summed E-state index contributed by atoms with van der Waals surface area (Å²) in [5.41, 5.74) is 5.81. The van der Waals surface area contributed by atoms with E-state index in [2.05, 4.69) is 33.1 Å². The predicted octanol–water partition coefficient (Wildman–Crippen LogP) is 5.15. The lowest BCUT2D eigenvalue weighted by molar-refractivity contribution is 0.0955. The van der Waals surface area contributed by atoms with Crippen LogP contribution in [-0.4, -0.2) is 18.7 Å². The number of methoxy groups -OCH3 is 1. The molecule has 0 aliphatic carbocycles. The zero-order valence-electron chi connectivity index (χ0n) is 15.3. The van der Waals surface area contributed by atoms with Crippen LogP contribution in [0.4, 0.5) is 0 Å². The third kappa shape index (κ3) is 5.29. The van der Waals surface area contributed by atoms with E-state index in [1.54, 1.807) is 25.3 Å². The number of hydrogen-bond acceptors (Lipinski definition) is 3. The summed E-state index contributed by atoms with van der Waals surface area (Å²) in [4.78, 5) is 12.5. The number of nitrogens with one attached hydrogen (secondary N) is 1. The molecule has 140 valence electrons. The molecule has 0 aliphatic heterocycles. The van der Waals surface area contributed by atoms with Crippen molar-refractivity contribution in [3.63, 3.8) is 0 Å². The molecule has 0 aliphatic rings. The first-order chi connectivity index (χ1) is 13.7.